The van der Waals surface area contributed by atoms with Crippen LogP contribution in [0.15, 0.2) is 29.3 Å². The normalized spacial score (nSPS) is 11.1. The van der Waals surface area contributed by atoms with E-state index in [1.807, 2.05) is 6.07 Å². The Kier molecular flexibility index (Phi) is 3.68. The summed E-state index contributed by atoms with van der Waals surface area (Å²) in [6.45, 7) is 0.518. The summed E-state index contributed by atoms with van der Waals surface area (Å²) in [6, 6.07) is 7.04. The minimum absolute atomic E-state index is 0.361. The van der Waals surface area contributed by atoms with Gasteiger partial charge in [-0.1, -0.05) is 12.1 Å². The van der Waals surface area contributed by atoms with E-state index in [1.165, 1.54) is 0 Å². The molecule has 5 N–H and O–H groups in total. The first kappa shape index (κ1) is 11.0. The SMILES string of the molecule is CN=C(N)NCc1cccc(C(N)=O)c1. The third-order valence-electron chi connectivity index (χ3n) is 1.93. The lowest BCUT2D eigenvalue weighted by Crippen LogP contribution is -2.30. The van der Waals surface area contributed by atoms with Gasteiger partial charge in [-0.2, -0.15) is 0 Å². The predicted octanol–water partition coefficient (Wildman–Crippen LogP) is -0.180. The molecule has 5 nitrogen and oxygen atoms in total. The van der Waals surface area contributed by atoms with Gasteiger partial charge in [0.2, 0.25) is 5.91 Å². The van der Waals surface area contributed by atoms with E-state index in [2.05, 4.69) is 10.3 Å². The third kappa shape index (κ3) is 3.30. The summed E-state index contributed by atoms with van der Waals surface area (Å²) in [7, 11) is 1.60. The molecule has 0 saturated heterocycles. The van der Waals surface area contributed by atoms with Crippen LogP contribution < -0.4 is 16.8 Å². The van der Waals surface area contributed by atoms with E-state index in [0.29, 0.717) is 18.1 Å². The van der Waals surface area contributed by atoms with Crippen LogP contribution in [0.1, 0.15) is 15.9 Å². The smallest absolute Gasteiger partial charge is 0.248 e. The molecule has 0 unspecified atom stereocenters. The Morgan fingerprint density at radius 3 is 2.80 bits per heavy atom. The summed E-state index contributed by atoms with van der Waals surface area (Å²) in [6.07, 6.45) is 0. The maximum absolute atomic E-state index is 10.9. The van der Waals surface area contributed by atoms with Crippen LogP contribution in [0.5, 0.6) is 0 Å². The summed E-state index contributed by atoms with van der Waals surface area (Å²) < 4.78 is 0. The first-order valence-electron chi connectivity index (χ1n) is 4.48. The number of aliphatic imine (C=N–C) groups is 1. The van der Waals surface area contributed by atoms with E-state index in [4.69, 9.17) is 11.5 Å². The second kappa shape index (κ2) is 4.99. The number of nitrogens with zero attached hydrogens (tertiary/aromatic N) is 1. The van der Waals surface area contributed by atoms with Crippen molar-refractivity contribution in [3.8, 4) is 0 Å². The van der Waals surface area contributed by atoms with Crippen LogP contribution in [0.2, 0.25) is 0 Å². The highest BCUT2D eigenvalue weighted by Crippen LogP contribution is 2.03. The van der Waals surface area contributed by atoms with Crippen molar-refractivity contribution in [3.05, 3.63) is 35.4 Å². The van der Waals surface area contributed by atoms with Gasteiger partial charge in [0.25, 0.3) is 0 Å². The summed E-state index contributed by atoms with van der Waals surface area (Å²) in [5.74, 6) is -0.0755. The molecule has 0 aliphatic carbocycles. The van der Waals surface area contributed by atoms with Gasteiger partial charge in [-0.3, -0.25) is 9.79 Å². The highest BCUT2D eigenvalue weighted by Gasteiger charge is 2.00. The van der Waals surface area contributed by atoms with Crippen molar-refractivity contribution in [2.24, 2.45) is 16.5 Å². The van der Waals surface area contributed by atoms with E-state index < -0.39 is 5.91 Å². The van der Waals surface area contributed by atoms with Crippen LogP contribution in [-0.4, -0.2) is 18.9 Å². The zero-order chi connectivity index (χ0) is 11.3. The van der Waals surface area contributed by atoms with Crippen LogP contribution in [0.25, 0.3) is 0 Å². The number of carbonyl (C=O) groups excluding carboxylic acids is 1. The lowest BCUT2D eigenvalue weighted by molar-refractivity contribution is 0.1000. The highest BCUT2D eigenvalue weighted by molar-refractivity contribution is 5.92. The summed E-state index contributed by atoms with van der Waals surface area (Å²) in [5, 5.41) is 2.89. The van der Waals surface area contributed by atoms with Gasteiger partial charge in [0, 0.05) is 19.2 Å². The second-order valence-electron chi connectivity index (χ2n) is 3.03. The summed E-state index contributed by atoms with van der Waals surface area (Å²) >= 11 is 0. The Morgan fingerprint density at radius 1 is 1.47 bits per heavy atom. The van der Waals surface area contributed by atoms with Crippen LogP contribution >= 0.6 is 0 Å². The number of hydrogen-bond acceptors (Lipinski definition) is 2. The highest BCUT2D eigenvalue weighted by atomic mass is 16.1. The van der Waals surface area contributed by atoms with Gasteiger partial charge in [0.05, 0.1) is 0 Å². The molecule has 1 amide bonds. The molecule has 0 aliphatic rings. The van der Waals surface area contributed by atoms with E-state index in [0.717, 1.165) is 5.56 Å². The number of rotatable bonds is 3. The van der Waals surface area contributed by atoms with Crippen molar-refractivity contribution in [1.29, 1.82) is 0 Å². The molecule has 15 heavy (non-hydrogen) atoms. The fourth-order valence-electron chi connectivity index (χ4n) is 1.11. The van der Waals surface area contributed by atoms with Crippen molar-refractivity contribution in [2.45, 2.75) is 6.54 Å². The van der Waals surface area contributed by atoms with Gasteiger partial charge in [0.1, 0.15) is 0 Å². The molecule has 0 spiro atoms. The van der Waals surface area contributed by atoms with Crippen molar-refractivity contribution in [3.63, 3.8) is 0 Å². The fourth-order valence-corrected chi connectivity index (χ4v) is 1.11. The molecule has 1 aromatic carbocycles. The number of nitrogens with two attached hydrogens (primary N) is 2. The molecule has 0 bridgehead atoms. The average molecular weight is 206 g/mol. The van der Waals surface area contributed by atoms with Gasteiger partial charge in [0.15, 0.2) is 5.96 Å². The van der Waals surface area contributed by atoms with Crippen molar-refractivity contribution >= 4 is 11.9 Å². The Hall–Kier alpha value is -2.04. The maximum Gasteiger partial charge on any atom is 0.248 e. The molecule has 1 aromatic rings. The standard InChI is InChI=1S/C10H14N4O/c1-13-10(12)14-6-7-3-2-4-8(5-7)9(11)15/h2-5H,6H2,1H3,(H2,11,15)(H3,12,13,14). The van der Waals surface area contributed by atoms with Gasteiger partial charge < -0.3 is 16.8 Å². The number of guanidine groups is 1. The lowest BCUT2D eigenvalue weighted by Gasteiger charge is -2.05. The monoisotopic (exact) mass is 206 g/mol. The molecule has 80 valence electrons. The van der Waals surface area contributed by atoms with Crippen LogP contribution in [0.3, 0.4) is 0 Å². The van der Waals surface area contributed by atoms with Crippen molar-refractivity contribution in [1.82, 2.24) is 5.32 Å². The number of nitrogens with one attached hydrogen (secondary N) is 1. The van der Waals surface area contributed by atoms with E-state index in [9.17, 15) is 4.79 Å². The van der Waals surface area contributed by atoms with Gasteiger partial charge in [-0.15, -0.1) is 0 Å². The Balaban J connectivity index is 2.70. The second-order valence-corrected chi connectivity index (χ2v) is 3.03. The molecule has 1 rings (SSSR count). The molecule has 0 saturated carbocycles. The zero-order valence-electron chi connectivity index (χ0n) is 8.53. The van der Waals surface area contributed by atoms with Crippen molar-refractivity contribution in [2.75, 3.05) is 7.05 Å². The molecule has 5 heteroatoms. The van der Waals surface area contributed by atoms with Gasteiger partial charge >= 0.3 is 0 Å². The van der Waals surface area contributed by atoms with Crippen LogP contribution in [0, 0.1) is 0 Å². The molecule has 0 aliphatic heterocycles. The first-order chi connectivity index (χ1) is 7.13. The minimum atomic E-state index is -0.436. The Bertz CT molecular complexity index is 387. The molecule has 0 heterocycles. The molecular formula is C10H14N4O. The molecule has 0 radical (unpaired) electrons. The summed E-state index contributed by atoms with van der Waals surface area (Å²) in [4.78, 5) is 14.7. The largest absolute Gasteiger partial charge is 0.370 e. The third-order valence-corrected chi connectivity index (χ3v) is 1.93. The van der Waals surface area contributed by atoms with Crippen molar-refractivity contribution < 1.29 is 4.79 Å². The Labute approximate surface area is 88.2 Å². The quantitative estimate of drug-likeness (QED) is 0.473. The summed E-state index contributed by atoms with van der Waals surface area (Å²) in [5.41, 5.74) is 12.0. The number of hydrogen-bond donors (Lipinski definition) is 3. The van der Waals surface area contributed by atoms with E-state index >= 15 is 0 Å². The minimum Gasteiger partial charge on any atom is -0.370 e. The molecular weight excluding hydrogens is 192 g/mol. The average Bonchev–Trinajstić information content (AvgIpc) is 2.26. The predicted molar refractivity (Wildman–Crippen MR) is 59.3 cm³/mol. The van der Waals surface area contributed by atoms with Crippen LogP contribution in [0.4, 0.5) is 0 Å². The topological polar surface area (TPSA) is 93.5 Å². The van der Waals surface area contributed by atoms with E-state index in [-0.39, 0.29) is 0 Å². The lowest BCUT2D eigenvalue weighted by atomic mass is 10.1. The number of amides is 1. The number of carbonyl (C=O) groups is 1. The molecule has 0 fully saturated rings. The van der Waals surface area contributed by atoms with E-state index in [1.54, 1.807) is 25.2 Å². The maximum atomic E-state index is 10.9. The Morgan fingerprint density at radius 2 is 2.20 bits per heavy atom. The van der Waals surface area contributed by atoms with Crippen LogP contribution in [-0.2, 0) is 6.54 Å². The molecule has 0 aromatic heterocycles. The zero-order valence-corrected chi connectivity index (χ0v) is 8.53. The number of primary amides is 1. The van der Waals surface area contributed by atoms with Gasteiger partial charge in [-0.25, -0.2) is 0 Å². The van der Waals surface area contributed by atoms with Gasteiger partial charge in [-0.05, 0) is 17.7 Å². The molecule has 0 atom stereocenters. The fraction of sp³-hybridized carbons (Fsp3) is 0.200. The first-order valence-corrected chi connectivity index (χ1v) is 4.48. The number of benzene rings is 1.